The van der Waals surface area contributed by atoms with Crippen molar-refractivity contribution < 1.29 is 19.0 Å². The highest BCUT2D eigenvalue weighted by Crippen LogP contribution is 2.26. The number of hydrogen-bond acceptors (Lipinski definition) is 3. The van der Waals surface area contributed by atoms with E-state index in [0.717, 1.165) is 5.56 Å². The van der Waals surface area contributed by atoms with E-state index in [4.69, 9.17) is 9.47 Å². The van der Waals surface area contributed by atoms with Crippen molar-refractivity contribution in [1.29, 1.82) is 0 Å². The molecule has 0 bridgehead atoms. The van der Waals surface area contributed by atoms with Gasteiger partial charge in [0.05, 0.1) is 13.7 Å². The zero-order valence-corrected chi connectivity index (χ0v) is 11.5. The maximum atomic E-state index is 14.0. The first-order valence-corrected chi connectivity index (χ1v) is 6.31. The molecule has 0 amide bonds. The summed E-state index contributed by atoms with van der Waals surface area (Å²) in [5.74, 6) is 0.365. The molecule has 0 saturated heterocycles. The lowest BCUT2D eigenvalue weighted by Crippen LogP contribution is -2.03. The van der Waals surface area contributed by atoms with Crippen molar-refractivity contribution in [3.63, 3.8) is 0 Å². The van der Waals surface area contributed by atoms with Gasteiger partial charge in [-0.25, -0.2) is 4.39 Å². The molecule has 0 unspecified atom stereocenters. The molecule has 2 rings (SSSR count). The Balaban J connectivity index is 2.21. The second kappa shape index (κ2) is 6.39. The summed E-state index contributed by atoms with van der Waals surface area (Å²) in [6.45, 7) is 1.86. The summed E-state index contributed by atoms with van der Waals surface area (Å²) in [6.07, 6.45) is 0. The van der Waals surface area contributed by atoms with Crippen LogP contribution in [0.3, 0.4) is 0 Å². The summed E-state index contributed by atoms with van der Waals surface area (Å²) in [6, 6.07) is 10.4. The fourth-order valence-corrected chi connectivity index (χ4v) is 2.02. The Bertz CT molecular complexity index is 596. The fraction of sp³-hybridized carbons (Fsp3) is 0.250. The van der Waals surface area contributed by atoms with Crippen LogP contribution in [0.1, 0.15) is 16.7 Å². The highest BCUT2D eigenvalue weighted by atomic mass is 19.1. The van der Waals surface area contributed by atoms with Crippen molar-refractivity contribution in [2.24, 2.45) is 0 Å². The largest absolute Gasteiger partial charge is 0.494 e. The van der Waals surface area contributed by atoms with E-state index in [-0.39, 0.29) is 19.0 Å². The van der Waals surface area contributed by atoms with Crippen LogP contribution in [0.25, 0.3) is 0 Å². The van der Waals surface area contributed by atoms with E-state index in [0.29, 0.717) is 16.9 Å². The highest BCUT2D eigenvalue weighted by molar-refractivity contribution is 5.40. The summed E-state index contributed by atoms with van der Waals surface area (Å²) in [4.78, 5) is 0. The van der Waals surface area contributed by atoms with Gasteiger partial charge in [0.15, 0.2) is 11.6 Å². The third-order valence-corrected chi connectivity index (χ3v) is 3.10. The lowest BCUT2D eigenvalue weighted by atomic mass is 10.1. The van der Waals surface area contributed by atoms with E-state index >= 15 is 0 Å². The Morgan fingerprint density at radius 1 is 1.10 bits per heavy atom. The van der Waals surface area contributed by atoms with E-state index in [1.807, 2.05) is 19.1 Å². The first kappa shape index (κ1) is 14.3. The van der Waals surface area contributed by atoms with Crippen LogP contribution in [-0.2, 0) is 13.2 Å². The van der Waals surface area contributed by atoms with Crippen molar-refractivity contribution in [3.8, 4) is 11.5 Å². The monoisotopic (exact) mass is 276 g/mol. The van der Waals surface area contributed by atoms with Crippen molar-refractivity contribution in [1.82, 2.24) is 0 Å². The number of aliphatic hydroxyl groups is 1. The zero-order valence-electron chi connectivity index (χ0n) is 11.5. The molecule has 0 saturated carbocycles. The van der Waals surface area contributed by atoms with E-state index < -0.39 is 5.82 Å². The van der Waals surface area contributed by atoms with Gasteiger partial charge in [0, 0.05) is 11.1 Å². The van der Waals surface area contributed by atoms with E-state index in [2.05, 4.69) is 0 Å². The first-order valence-electron chi connectivity index (χ1n) is 6.31. The number of methoxy groups -OCH3 is 1. The number of ether oxygens (including phenoxy) is 2. The Labute approximate surface area is 117 Å². The second-order valence-corrected chi connectivity index (χ2v) is 4.44. The molecule has 0 aliphatic heterocycles. The second-order valence-electron chi connectivity index (χ2n) is 4.44. The maximum absolute atomic E-state index is 14.0. The van der Waals surface area contributed by atoms with Crippen LogP contribution in [0.4, 0.5) is 4.39 Å². The van der Waals surface area contributed by atoms with Crippen LogP contribution in [0, 0.1) is 12.7 Å². The minimum absolute atomic E-state index is 0.0842. The quantitative estimate of drug-likeness (QED) is 0.911. The maximum Gasteiger partial charge on any atom is 0.171 e. The standard InChI is InChI=1S/C16H17FO3/c1-11-5-3-6-12(9-18)16(11)20-10-13-7-4-8-14(19-2)15(13)17/h3-8,18H,9-10H2,1-2H3. The van der Waals surface area contributed by atoms with Crippen LogP contribution in [0.15, 0.2) is 36.4 Å². The number of benzene rings is 2. The van der Waals surface area contributed by atoms with Crippen molar-refractivity contribution >= 4 is 0 Å². The predicted octanol–water partition coefficient (Wildman–Crippen LogP) is 3.21. The molecule has 0 aliphatic rings. The normalized spacial score (nSPS) is 10.4. The number of halogens is 1. The summed E-state index contributed by atoms with van der Waals surface area (Å²) in [5.41, 5.74) is 2.00. The van der Waals surface area contributed by atoms with Crippen LogP contribution in [0.2, 0.25) is 0 Å². The van der Waals surface area contributed by atoms with Gasteiger partial charge in [-0.2, -0.15) is 0 Å². The molecule has 0 spiro atoms. The molecule has 0 radical (unpaired) electrons. The van der Waals surface area contributed by atoms with Gasteiger partial charge in [0.1, 0.15) is 12.4 Å². The molecular formula is C16H17FO3. The van der Waals surface area contributed by atoms with Crippen molar-refractivity contribution in [3.05, 3.63) is 58.9 Å². The SMILES string of the molecule is COc1cccc(COc2c(C)cccc2CO)c1F. The van der Waals surface area contributed by atoms with Crippen LogP contribution >= 0.6 is 0 Å². The van der Waals surface area contributed by atoms with Gasteiger partial charge in [-0.05, 0) is 18.6 Å². The van der Waals surface area contributed by atoms with Gasteiger partial charge < -0.3 is 14.6 Å². The van der Waals surface area contributed by atoms with E-state index in [1.165, 1.54) is 7.11 Å². The highest BCUT2D eigenvalue weighted by Gasteiger charge is 2.11. The Hall–Kier alpha value is -2.07. The average Bonchev–Trinajstić information content (AvgIpc) is 2.47. The molecule has 4 heteroatoms. The zero-order chi connectivity index (χ0) is 14.5. The van der Waals surface area contributed by atoms with Gasteiger partial charge >= 0.3 is 0 Å². The summed E-state index contributed by atoms with van der Waals surface area (Å²) >= 11 is 0. The van der Waals surface area contributed by atoms with Crippen molar-refractivity contribution in [2.45, 2.75) is 20.1 Å². The minimum Gasteiger partial charge on any atom is -0.494 e. The smallest absolute Gasteiger partial charge is 0.171 e. The molecule has 20 heavy (non-hydrogen) atoms. The third kappa shape index (κ3) is 2.91. The van der Waals surface area contributed by atoms with E-state index in [9.17, 15) is 9.50 Å². The topological polar surface area (TPSA) is 38.7 Å². The number of hydrogen-bond donors (Lipinski definition) is 1. The molecule has 0 fully saturated rings. The van der Waals surface area contributed by atoms with Gasteiger partial charge in [-0.15, -0.1) is 0 Å². The molecule has 106 valence electrons. The molecular weight excluding hydrogens is 259 g/mol. The van der Waals surface area contributed by atoms with Crippen LogP contribution in [-0.4, -0.2) is 12.2 Å². The first-order chi connectivity index (χ1) is 9.67. The third-order valence-electron chi connectivity index (χ3n) is 3.10. The fourth-order valence-electron chi connectivity index (χ4n) is 2.02. The van der Waals surface area contributed by atoms with Crippen LogP contribution in [0.5, 0.6) is 11.5 Å². The Morgan fingerprint density at radius 2 is 1.80 bits per heavy atom. The molecule has 0 heterocycles. The van der Waals surface area contributed by atoms with Crippen molar-refractivity contribution in [2.75, 3.05) is 7.11 Å². The van der Waals surface area contributed by atoms with Gasteiger partial charge in [-0.1, -0.05) is 30.3 Å². The van der Waals surface area contributed by atoms with Gasteiger partial charge in [-0.3, -0.25) is 0 Å². The molecule has 3 nitrogen and oxygen atoms in total. The summed E-state index contributed by atoms with van der Waals surface area (Å²) in [7, 11) is 1.42. The Morgan fingerprint density at radius 3 is 2.50 bits per heavy atom. The van der Waals surface area contributed by atoms with Gasteiger partial charge in [0.2, 0.25) is 0 Å². The molecule has 0 aliphatic carbocycles. The number of aliphatic hydroxyl groups excluding tert-OH is 1. The minimum atomic E-state index is -0.422. The number of rotatable bonds is 5. The Kier molecular flexibility index (Phi) is 4.58. The summed E-state index contributed by atoms with van der Waals surface area (Å²) in [5, 5.41) is 9.30. The molecule has 1 N–H and O–H groups in total. The molecule has 0 atom stereocenters. The lowest BCUT2D eigenvalue weighted by molar-refractivity contribution is 0.255. The lowest BCUT2D eigenvalue weighted by Gasteiger charge is -2.14. The van der Waals surface area contributed by atoms with E-state index in [1.54, 1.807) is 24.3 Å². The molecule has 2 aromatic rings. The summed E-state index contributed by atoms with van der Waals surface area (Å²) < 4.78 is 24.6. The number of para-hydroxylation sites is 1. The van der Waals surface area contributed by atoms with Crippen LogP contribution < -0.4 is 9.47 Å². The molecule has 2 aromatic carbocycles. The average molecular weight is 276 g/mol. The molecule has 0 aromatic heterocycles. The predicted molar refractivity (Wildman–Crippen MR) is 74.4 cm³/mol. The van der Waals surface area contributed by atoms with Gasteiger partial charge in [0.25, 0.3) is 0 Å². The number of aryl methyl sites for hydroxylation is 1.